The quantitative estimate of drug-likeness (QED) is 0.925. The van der Waals surface area contributed by atoms with E-state index in [4.69, 9.17) is 5.73 Å². The van der Waals surface area contributed by atoms with Gasteiger partial charge in [-0.2, -0.15) is 0 Å². The van der Waals surface area contributed by atoms with Crippen molar-refractivity contribution in [3.8, 4) is 0 Å². The van der Waals surface area contributed by atoms with Gasteiger partial charge in [0.05, 0.1) is 0 Å². The van der Waals surface area contributed by atoms with Crippen LogP contribution in [0, 0.1) is 0 Å². The Kier molecular flexibility index (Phi) is 4.42. The molecule has 0 aromatic heterocycles. The molecule has 2 rings (SSSR count). The average molecular weight is 298 g/mol. The van der Waals surface area contributed by atoms with E-state index in [-0.39, 0.29) is 0 Å². The summed E-state index contributed by atoms with van der Waals surface area (Å²) in [6.07, 6.45) is 0. The maximum absolute atomic E-state index is 5.70. The van der Waals surface area contributed by atoms with Gasteiger partial charge in [0, 0.05) is 48.9 Å². The maximum atomic E-state index is 5.70. The second-order valence-electron chi connectivity index (χ2n) is 4.58. The van der Waals surface area contributed by atoms with Crippen LogP contribution in [0.15, 0.2) is 28.7 Å². The van der Waals surface area contributed by atoms with Crippen molar-refractivity contribution in [3.63, 3.8) is 0 Å². The highest BCUT2D eigenvalue weighted by Crippen LogP contribution is 2.20. The van der Waals surface area contributed by atoms with Gasteiger partial charge in [0.25, 0.3) is 0 Å². The lowest BCUT2D eigenvalue weighted by Gasteiger charge is -2.38. The Hall–Kier alpha value is -0.580. The molecule has 0 aliphatic carbocycles. The molecule has 2 N–H and O–H groups in total. The van der Waals surface area contributed by atoms with Crippen LogP contribution in [0.4, 0.5) is 5.69 Å². The summed E-state index contributed by atoms with van der Waals surface area (Å²) in [5, 5.41) is 0. The van der Waals surface area contributed by atoms with Gasteiger partial charge in [-0.3, -0.25) is 4.90 Å². The molecule has 1 heterocycles. The van der Waals surface area contributed by atoms with Gasteiger partial charge in [0.15, 0.2) is 0 Å². The molecule has 17 heavy (non-hydrogen) atoms. The number of piperazine rings is 1. The molecule has 0 saturated carbocycles. The number of hydrogen-bond acceptors (Lipinski definition) is 3. The Balaban J connectivity index is 1.93. The predicted molar refractivity (Wildman–Crippen MR) is 76.4 cm³/mol. The number of rotatable bonds is 3. The highest BCUT2D eigenvalue weighted by Gasteiger charge is 2.20. The van der Waals surface area contributed by atoms with Gasteiger partial charge in [-0.1, -0.05) is 15.9 Å². The number of benzene rings is 1. The molecule has 0 spiro atoms. The fourth-order valence-electron chi connectivity index (χ4n) is 2.22. The minimum Gasteiger partial charge on any atom is -0.369 e. The van der Waals surface area contributed by atoms with Crippen LogP contribution in [0.25, 0.3) is 0 Å². The van der Waals surface area contributed by atoms with Crippen molar-refractivity contribution in [2.24, 2.45) is 5.73 Å². The number of anilines is 1. The Bertz CT molecular complexity index is 344. The molecule has 1 fully saturated rings. The van der Waals surface area contributed by atoms with E-state index in [0.29, 0.717) is 6.04 Å². The maximum Gasteiger partial charge on any atom is 0.0367 e. The molecule has 0 bridgehead atoms. The second-order valence-corrected chi connectivity index (χ2v) is 5.50. The first-order valence-corrected chi connectivity index (χ1v) is 6.94. The summed E-state index contributed by atoms with van der Waals surface area (Å²) in [6.45, 7) is 7.34. The van der Waals surface area contributed by atoms with E-state index in [1.54, 1.807) is 0 Å². The lowest BCUT2D eigenvalue weighted by Crippen LogP contribution is -2.51. The molecule has 0 radical (unpaired) electrons. The van der Waals surface area contributed by atoms with Crippen LogP contribution < -0.4 is 10.6 Å². The summed E-state index contributed by atoms with van der Waals surface area (Å²) in [6, 6.07) is 9.05. The van der Waals surface area contributed by atoms with Crippen molar-refractivity contribution in [1.29, 1.82) is 0 Å². The topological polar surface area (TPSA) is 32.5 Å². The minimum atomic E-state index is 0.502. The van der Waals surface area contributed by atoms with Crippen molar-refractivity contribution >= 4 is 21.6 Å². The van der Waals surface area contributed by atoms with Crippen molar-refractivity contribution < 1.29 is 0 Å². The lowest BCUT2D eigenvalue weighted by atomic mass is 10.2. The summed E-state index contributed by atoms with van der Waals surface area (Å²) in [4.78, 5) is 4.90. The van der Waals surface area contributed by atoms with Crippen LogP contribution in [-0.2, 0) is 0 Å². The molecule has 94 valence electrons. The standard InChI is InChI=1S/C13H20BrN3/c1-11(10-15)16-6-8-17(9-7-16)13-4-2-12(14)3-5-13/h2-5,11H,6-10,15H2,1H3. The molecule has 1 aromatic carbocycles. The largest absolute Gasteiger partial charge is 0.369 e. The monoisotopic (exact) mass is 297 g/mol. The number of hydrogen-bond donors (Lipinski definition) is 1. The number of nitrogens with zero attached hydrogens (tertiary/aromatic N) is 2. The Morgan fingerprint density at radius 3 is 2.29 bits per heavy atom. The Morgan fingerprint density at radius 2 is 1.76 bits per heavy atom. The summed E-state index contributed by atoms with van der Waals surface area (Å²) < 4.78 is 1.14. The van der Waals surface area contributed by atoms with Crippen molar-refractivity contribution in [2.45, 2.75) is 13.0 Å². The van der Waals surface area contributed by atoms with E-state index in [9.17, 15) is 0 Å². The average Bonchev–Trinajstić information content (AvgIpc) is 2.39. The first-order valence-electron chi connectivity index (χ1n) is 6.15. The Labute approximate surface area is 112 Å². The van der Waals surface area contributed by atoms with E-state index in [2.05, 4.69) is 56.9 Å². The molecular formula is C13H20BrN3. The zero-order chi connectivity index (χ0) is 12.3. The highest BCUT2D eigenvalue weighted by molar-refractivity contribution is 9.10. The summed E-state index contributed by atoms with van der Waals surface area (Å²) in [5.74, 6) is 0. The molecular weight excluding hydrogens is 278 g/mol. The molecule has 1 aliphatic heterocycles. The van der Waals surface area contributed by atoms with Crippen molar-refractivity contribution in [3.05, 3.63) is 28.7 Å². The van der Waals surface area contributed by atoms with Gasteiger partial charge < -0.3 is 10.6 Å². The smallest absolute Gasteiger partial charge is 0.0367 e. The predicted octanol–water partition coefficient (Wildman–Crippen LogP) is 1.92. The Morgan fingerprint density at radius 1 is 1.18 bits per heavy atom. The van der Waals surface area contributed by atoms with E-state index < -0.39 is 0 Å². The highest BCUT2D eigenvalue weighted by atomic mass is 79.9. The van der Waals surface area contributed by atoms with Crippen LogP contribution in [0.2, 0.25) is 0 Å². The third-order valence-electron chi connectivity index (χ3n) is 3.47. The van der Waals surface area contributed by atoms with Crippen LogP contribution in [0.3, 0.4) is 0 Å². The molecule has 1 aliphatic rings. The fourth-order valence-corrected chi connectivity index (χ4v) is 2.49. The van der Waals surface area contributed by atoms with E-state index in [1.165, 1.54) is 5.69 Å². The van der Waals surface area contributed by atoms with Gasteiger partial charge in [-0.15, -0.1) is 0 Å². The lowest BCUT2D eigenvalue weighted by molar-refractivity contribution is 0.201. The van der Waals surface area contributed by atoms with Crippen LogP contribution >= 0.6 is 15.9 Å². The third kappa shape index (κ3) is 3.21. The van der Waals surface area contributed by atoms with Crippen LogP contribution in [-0.4, -0.2) is 43.7 Å². The second kappa shape index (κ2) is 5.85. The van der Waals surface area contributed by atoms with Gasteiger partial charge >= 0.3 is 0 Å². The SMILES string of the molecule is CC(CN)N1CCN(c2ccc(Br)cc2)CC1. The molecule has 1 aromatic rings. The zero-order valence-electron chi connectivity index (χ0n) is 10.3. The fraction of sp³-hybridized carbons (Fsp3) is 0.538. The summed E-state index contributed by atoms with van der Waals surface area (Å²) in [7, 11) is 0. The van der Waals surface area contributed by atoms with Crippen LogP contribution in [0.5, 0.6) is 0 Å². The number of halogens is 1. The van der Waals surface area contributed by atoms with Crippen LogP contribution in [0.1, 0.15) is 6.92 Å². The van der Waals surface area contributed by atoms with Gasteiger partial charge in [0.2, 0.25) is 0 Å². The molecule has 1 unspecified atom stereocenters. The minimum absolute atomic E-state index is 0.502. The molecule has 1 saturated heterocycles. The van der Waals surface area contributed by atoms with E-state index in [1.807, 2.05) is 0 Å². The van der Waals surface area contributed by atoms with Gasteiger partial charge in [-0.05, 0) is 31.2 Å². The molecule has 1 atom stereocenters. The first kappa shape index (κ1) is 12.9. The van der Waals surface area contributed by atoms with E-state index in [0.717, 1.165) is 37.2 Å². The first-order chi connectivity index (χ1) is 8.20. The van der Waals surface area contributed by atoms with Crippen molar-refractivity contribution in [1.82, 2.24) is 4.90 Å². The number of nitrogens with two attached hydrogens (primary N) is 1. The summed E-state index contributed by atoms with van der Waals surface area (Å²) in [5.41, 5.74) is 7.02. The summed E-state index contributed by atoms with van der Waals surface area (Å²) >= 11 is 3.47. The third-order valence-corrected chi connectivity index (χ3v) is 4.00. The van der Waals surface area contributed by atoms with E-state index >= 15 is 0 Å². The molecule has 0 amide bonds. The molecule has 3 nitrogen and oxygen atoms in total. The van der Waals surface area contributed by atoms with Gasteiger partial charge in [0.1, 0.15) is 0 Å². The zero-order valence-corrected chi connectivity index (χ0v) is 11.9. The van der Waals surface area contributed by atoms with Gasteiger partial charge in [-0.25, -0.2) is 0 Å². The normalized spacial score (nSPS) is 19.4. The van der Waals surface area contributed by atoms with Crippen molar-refractivity contribution in [2.75, 3.05) is 37.6 Å². The molecule has 4 heteroatoms.